The number of hydrogen-bond donors (Lipinski definition) is 1. The number of ether oxygens (including phenoxy) is 1. The summed E-state index contributed by atoms with van der Waals surface area (Å²) in [6.07, 6.45) is 5.49. The molecule has 0 saturated carbocycles. The minimum atomic E-state index is -0.298. The average molecular weight is 340 g/mol. The Morgan fingerprint density at radius 1 is 1.25 bits per heavy atom. The Labute approximate surface area is 146 Å². The van der Waals surface area contributed by atoms with Crippen molar-refractivity contribution in [3.63, 3.8) is 0 Å². The number of esters is 1. The summed E-state index contributed by atoms with van der Waals surface area (Å²) in [6, 6.07) is 14.0. The van der Waals surface area contributed by atoms with Gasteiger partial charge < -0.3 is 10.1 Å². The van der Waals surface area contributed by atoms with E-state index in [1.54, 1.807) is 0 Å². The maximum atomic E-state index is 11.8. The van der Waals surface area contributed by atoms with Gasteiger partial charge >= 0.3 is 5.97 Å². The molecule has 2 aliphatic rings. The zero-order chi connectivity index (χ0) is 16.7. The first-order chi connectivity index (χ1) is 11.7. The molecule has 3 nitrogen and oxygen atoms in total. The molecule has 1 aliphatic carbocycles. The molecular weight excluding hydrogens is 322 g/mol. The van der Waals surface area contributed by atoms with Crippen molar-refractivity contribution in [3.8, 4) is 0 Å². The highest BCUT2D eigenvalue weighted by molar-refractivity contribution is 6.30. The van der Waals surface area contributed by atoms with Crippen molar-refractivity contribution in [3.05, 3.63) is 76.3 Å². The van der Waals surface area contributed by atoms with Crippen LogP contribution in [0.1, 0.15) is 39.9 Å². The van der Waals surface area contributed by atoms with Crippen LogP contribution in [0.15, 0.2) is 54.6 Å². The average Bonchev–Trinajstić information content (AvgIpc) is 3.10. The van der Waals surface area contributed by atoms with Crippen molar-refractivity contribution in [1.82, 2.24) is 0 Å². The molecule has 2 aromatic carbocycles. The minimum Gasteiger partial charge on any atom is -0.465 e. The van der Waals surface area contributed by atoms with Gasteiger partial charge in [-0.1, -0.05) is 35.9 Å². The van der Waals surface area contributed by atoms with E-state index in [0.29, 0.717) is 17.4 Å². The second-order valence-corrected chi connectivity index (χ2v) is 6.76. The molecule has 2 aromatic rings. The van der Waals surface area contributed by atoms with E-state index in [0.717, 1.165) is 22.7 Å². The van der Waals surface area contributed by atoms with Gasteiger partial charge in [0.05, 0.1) is 18.7 Å². The van der Waals surface area contributed by atoms with Gasteiger partial charge in [-0.05, 0) is 53.8 Å². The fraction of sp³-hybridized carbons (Fsp3) is 0.250. The maximum absolute atomic E-state index is 11.8. The van der Waals surface area contributed by atoms with Crippen molar-refractivity contribution in [2.75, 3.05) is 12.4 Å². The fourth-order valence-electron chi connectivity index (χ4n) is 3.87. The van der Waals surface area contributed by atoms with Gasteiger partial charge in [0.25, 0.3) is 0 Å². The van der Waals surface area contributed by atoms with Gasteiger partial charge in [-0.25, -0.2) is 4.79 Å². The van der Waals surface area contributed by atoms with Crippen molar-refractivity contribution in [2.24, 2.45) is 5.92 Å². The van der Waals surface area contributed by atoms with E-state index in [1.807, 2.05) is 36.4 Å². The van der Waals surface area contributed by atoms with Crippen LogP contribution in [0.5, 0.6) is 0 Å². The molecule has 0 saturated heterocycles. The zero-order valence-corrected chi connectivity index (χ0v) is 14.1. The summed E-state index contributed by atoms with van der Waals surface area (Å²) in [5, 5.41) is 4.40. The Morgan fingerprint density at radius 2 is 2.12 bits per heavy atom. The quantitative estimate of drug-likeness (QED) is 0.621. The third kappa shape index (κ3) is 2.49. The van der Waals surface area contributed by atoms with Crippen LogP contribution in [-0.2, 0) is 4.74 Å². The number of benzene rings is 2. The Hall–Kier alpha value is -2.26. The zero-order valence-electron chi connectivity index (χ0n) is 13.3. The van der Waals surface area contributed by atoms with Crippen molar-refractivity contribution < 1.29 is 9.53 Å². The first-order valence-corrected chi connectivity index (χ1v) is 8.46. The number of fused-ring (bicyclic) bond motifs is 3. The van der Waals surface area contributed by atoms with Crippen LogP contribution in [0.4, 0.5) is 5.69 Å². The number of halogens is 1. The van der Waals surface area contributed by atoms with E-state index in [2.05, 4.69) is 23.5 Å². The second kappa shape index (κ2) is 5.99. The lowest BCUT2D eigenvalue weighted by Crippen LogP contribution is -2.29. The van der Waals surface area contributed by atoms with Gasteiger partial charge in [0.1, 0.15) is 0 Å². The summed E-state index contributed by atoms with van der Waals surface area (Å²) < 4.78 is 4.85. The molecule has 0 amide bonds. The van der Waals surface area contributed by atoms with Crippen LogP contribution in [0, 0.1) is 5.92 Å². The molecule has 1 heterocycles. The number of methoxy groups -OCH3 is 1. The van der Waals surface area contributed by atoms with Gasteiger partial charge in [-0.2, -0.15) is 0 Å². The van der Waals surface area contributed by atoms with Gasteiger partial charge in [-0.15, -0.1) is 0 Å². The maximum Gasteiger partial charge on any atom is 0.337 e. The molecule has 0 bridgehead atoms. The topological polar surface area (TPSA) is 38.3 Å². The van der Waals surface area contributed by atoms with Gasteiger partial charge in [0.15, 0.2) is 0 Å². The molecular formula is C20H18ClNO2. The highest BCUT2D eigenvalue weighted by Crippen LogP contribution is 2.50. The predicted octanol–water partition coefficient (Wildman–Crippen LogP) is 4.95. The Morgan fingerprint density at radius 3 is 2.92 bits per heavy atom. The number of nitrogens with one attached hydrogen (secondary N) is 1. The smallest absolute Gasteiger partial charge is 0.337 e. The molecule has 24 heavy (non-hydrogen) atoms. The van der Waals surface area contributed by atoms with Gasteiger partial charge in [0.2, 0.25) is 0 Å². The molecule has 4 heteroatoms. The van der Waals surface area contributed by atoms with E-state index in [9.17, 15) is 4.79 Å². The number of carbonyl (C=O) groups excluding carboxylic acids is 1. The van der Waals surface area contributed by atoms with Crippen LogP contribution in [0.25, 0.3) is 0 Å². The van der Waals surface area contributed by atoms with E-state index in [4.69, 9.17) is 16.3 Å². The van der Waals surface area contributed by atoms with Gasteiger partial charge in [0, 0.05) is 16.6 Å². The lowest BCUT2D eigenvalue weighted by atomic mass is 9.76. The summed E-state index contributed by atoms with van der Waals surface area (Å²) in [6.45, 7) is 0. The number of rotatable bonds is 2. The van der Waals surface area contributed by atoms with Crippen molar-refractivity contribution in [1.29, 1.82) is 0 Å². The predicted molar refractivity (Wildman–Crippen MR) is 95.6 cm³/mol. The second-order valence-electron chi connectivity index (χ2n) is 6.32. The van der Waals surface area contributed by atoms with E-state index >= 15 is 0 Å². The Balaban J connectivity index is 1.76. The Kier molecular flexibility index (Phi) is 3.81. The number of hydrogen-bond acceptors (Lipinski definition) is 3. The molecule has 0 unspecified atom stereocenters. The van der Waals surface area contributed by atoms with E-state index in [1.165, 1.54) is 12.7 Å². The summed E-state index contributed by atoms with van der Waals surface area (Å²) in [7, 11) is 1.41. The number of anilines is 1. The molecule has 0 radical (unpaired) electrons. The first kappa shape index (κ1) is 15.3. The number of carbonyl (C=O) groups is 1. The molecule has 122 valence electrons. The summed E-state index contributed by atoms with van der Waals surface area (Å²) in [4.78, 5) is 11.8. The van der Waals surface area contributed by atoms with Crippen LogP contribution in [0.2, 0.25) is 5.02 Å². The third-order valence-corrected chi connectivity index (χ3v) is 5.23. The van der Waals surface area contributed by atoms with Crippen LogP contribution in [-0.4, -0.2) is 13.1 Å². The summed E-state index contributed by atoms with van der Waals surface area (Å²) >= 11 is 6.18. The normalized spacial score (nSPS) is 24.0. The van der Waals surface area contributed by atoms with E-state index < -0.39 is 0 Å². The van der Waals surface area contributed by atoms with Crippen LogP contribution < -0.4 is 5.32 Å². The molecule has 4 rings (SSSR count). The number of allylic oxidation sites excluding steroid dienone is 2. The molecule has 3 atom stereocenters. The fourth-order valence-corrected chi connectivity index (χ4v) is 4.07. The van der Waals surface area contributed by atoms with E-state index in [-0.39, 0.29) is 12.0 Å². The highest BCUT2D eigenvalue weighted by atomic mass is 35.5. The minimum absolute atomic E-state index is 0.208. The molecule has 0 spiro atoms. The lowest BCUT2D eigenvalue weighted by molar-refractivity contribution is 0.0600. The largest absolute Gasteiger partial charge is 0.465 e. The van der Waals surface area contributed by atoms with Crippen molar-refractivity contribution >= 4 is 23.3 Å². The van der Waals surface area contributed by atoms with Crippen molar-refractivity contribution in [2.45, 2.75) is 18.4 Å². The third-order valence-electron chi connectivity index (χ3n) is 4.99. The van der Waals surface area contributed by atoms with Gasteiger partial charge in [-0.3, -0.25) is 0 Å². The molecule has 1 aliphatic heterocycles. The SMILES string of the molecule is COC(=O)c1ccc2c(c1)[C@H]1C=CC[C@H]1[C@@H](c1cccc(Cl)c1)N2. The van der Waals surface area contributed by atoms with Crippen LogP contribution >= 0.6 is 11.6 Å². The standard InChI is InChI=1S/C20H18ClNO2/c1-24-20(23)13-8-9-18-17(11-13)15-6-3-7-16(15)19(22-18)12-4-2-5-14(21)10-12/h2-6,8-11,15-16,19,22H,7H2,1H3/t15-,16+,19+/m0/s1. The molecule has 1 N–H and O–H groups in total. The summed E-state index contributed by atoms with van der Waals surface area (Å²) in [5.41, 5.74) is 4.03. The molecule has 0 fully saturated rings. The first-order valence-electron chi connectivity index (χ1n) is 8.08. The van der Waals surface area contributed by atoms with Crippen LogP contribution in [0.3, 0.4) is 0 Å². The molecule has 0 aromatic heterocycles. The highest BCUT2D eigenvalue weighted by Gasteiger charge is 2.38. The monoisotopic (exact) mass is 339 g/mol. The Bertz CT molecular complexity index is 830. The summed E-state index contributed by atoms with van der Waals surface area (Å²) in [5.74, 6) is 0.423. The lowest BCUT2D eigenvalue weighted by Gasteiger charge is -2.37.